The minimum absolute atomic E-state index is 0.501. The number of benzene rings is 3. The van der Waals surface area contributed by atoms with Crippen molar-refractivity contribution in [2.75, 3.05) is 24.7 Å². The van der Waals surface area contributed by atoms with E-state index in [0.29, 0.717) is 17.8 Å². The van der Waals surface area contributed by atoms with Gasteiger partial charge < -0.3 is 9.38 Å². The summed E-state index contributed by atoms with van der Waals surface area (Å²) in [6.07, 6.45) is 2.57. The van der Waals surface area contributed by atoms with Crippen LogP contribution < -0.4 is 15.5 Å². The molecule has 7 heteroatoms. The fourth-order valence-corrected chi connectivity index (χ4v) is 9.13. The van der Waals surface area contributed by atoms with E-state index in [-0.39, 0.29) is 0 Å². The standard InChI is InChI=1S/C38H43BF2N3P/c1-8-34-26(3)37(42-28(34)5)36(38-27(4)35(9-2)29(6)44(38)39(40)41)30-20-22-31(23-21-30)43(7)24-25-45(32-16-12-10-13-17-32)33-18-14-11-15-19-33/h10-23H,8-9,24-25H2,1-7H3/b37-36-. The lowest BCUT2D eigenvalue weighted by Crippen LogP contribution is -2.25. The molecular formula is C38H43BF2N3P. The molecule has 1 aliphatic heterocycles. The Morgan fingerprint density at radius 3 is 1.89 bits per heavy atom. The molecule has 0 spiro atoms. The topological polar surface area (TPSA) is 20.5 Å². The number of anilines is 1. The van der Waals surface area contributed by atoms with Crippen LogP contribution in [0.3, 0.4) is 0 Å². The molecular weight excluding hydrogens is 578 g/mol. The summed E-state index contributed by atoms with van der Waals surface area (Å²) in [7, 11) is -1.02. The van der Waals surface area contributed by atoms with Crippen LogP contribution in [0.25, 0.3) is 5.57 Å². The van der Waals surface area contributed by atoms with Crippen LogP contribution in [-0.4, -0.2) is 37.3 Å². The van der Waals surface area contributed by atoms with Crippen LogP contribution in [0.4, 0.5) is 14.3 Å². The quantitative estimate of drug-likeness (QED) is 0.121. The molecule has 0 aliphatic carbocycles. The van der Waals surface area contributed by atoms with Crippen LogP contribution >= 0.6 is 7.92 Å². The van der Waals surface area contributed by atoms with E-state index in [1.165, 1.54) is 20.7 Å². The number of hydrogen-bond donors (Lipinski definition) is 0. The lowest BCUT2D eigenvalue weighted by atomic mass is 9.92. The van der Waals surface area contributed by atoms with Crippen molar-refractivity contribution in [3.05, 3.63) is 130 Å². The molecule has 4 aromatic rings. The molecule has 1 aliphatic rings. The Balaban J connectivity index is 1.52. The Labute approximate surface area is 269 Å². The summed E-state index contributed by atoms with van der Waals surface area (Å²) in [5.41, 5.74) is 9.87. The average Bonchev–Trinajstić information content (AvgIpc) is 3.48. The predicted octanol–water partition coefficient (Wildman–Crippen LogP) is 8.97. The van der Waals surface area contributed by atoms with E-state index >= 15 is 0 Å². The molecule has 0 fully saturated rings. The first-order chi connectivity index (χ1) is 21.7. The average molecular weight is 622 g/mol. The highest BCUT2D eigenvalue weighted by molar-refractivity contribution is 7.73. The maximum atomic E-state index is 14.8. The van der Waals surface area contributed by atoms with E-state index in [1.807, 2.05) is 27.7 Å². The summed E-state index contributed by atoms with van der Waals surface area (Å²) < 4.78 is 30.7. The minimum atomic E-state index is -2.65. The normalized spacial score (nSPS) is 14.3. The van der Waals surface area contributed by atoms with E-state index in [1.54, 1.807) is 0 Å². The van der Waals surface area contributed by atoms with Gasteiger partial charge in [0.1, 0.15) is 0 Å². The maximum Gasteiger partial charge on any atom is 0.677 e. The van der Waals surface area contributed by atoms with E-state index in [2.05, 4.69) is 111 Å². The second kappa shape index (κ2) is 14.1. The molecule has 0 atom stereocenters. The summed E-state index contributed by atoms with van der Waals surface area (Å²) in [6.45, 7) is 12.9. The Bertz CT molecular complexity index is 1700. The van der Waals surface area contributed by atoms with Gasteiger partial charge in [-0.2, -0.15) is 0 Å². The smallest absolute Gasteiger partial charge is 0.374 e. The first kappa shape index (κ1) is 32.6. The Hall–Kier alpha value is -3.76. The van der Waals surface area contributed by atoms with Crippen molar-refractivity contribution in [2.45, 2.75) is 54.4 Å². The van der Waals surface area contributed by atoms with E-state index in [0.717, 1.165) is 64.1 Å². The van der Waals surface area contributed by atoms with Crippen molar-refractivity contribution >= 4 is 42.9 Å². The number of aliphatic imine (C=N–C) groups is 1. The van der Waals surface area contributed by atoms with Crippen molar-refractivity contribution in [1.29, 1.82) is 0 Å². The number of rotatable bonds is 11. The third kappa shape index (κ3) is 6.49. The van der Waals surface area contributed by atoms with Gasteiger partial charge in [-0.1, -0.05) is 86.6 Å². The SMILES string of the molecule is CCC1=C(C)/C(=C(\c2ccc(N(C)CCP(c3ccccc3)c3ccccc3)cc2)c2c(C)c(CC)c(C)n2B(F)F)N=C1C. The number of halogens is 2. The largest absolute Gasteiger partial charge is 0.677 e. The van der Waals surface area contributed by atoms with Gasteiger partial charge >= 0.3 is 7.40 Å². The van der Waals surface area contributed by atoms with Crippen LogP contribution in [0.1, 0.15) is 62.2 Å². The zero-order valence-corrected chi connectivity index (χ0v) is 28.4. The van der Waals surface area contributed by atoms with Crippen LogP contribution in [-0.2, 0) is 6.42 Å². The lowest BCUT2D eigenvalue weighted by Gasteiger charge is -2.25. The molecule has 0 unspecified atom stereocenters. The Kier molecular flexibility index (Phi) is 10.2. The van der Waals surface area contributed by atoms with Crippen LogP contribution in [0.5, 0.6) is 0 Å². The number of aromatic nitrogens is 1. The molecule has 2 heterocycles. The van der Waals surface area contributed by atoms with Crippen LogP contribution in [0.2, 0.25) is 0 Å². The van der Waals surface area contributed by atoms with Gasteiger partial charge in [-0.3, -0.25) is 13.6 Å². The van der Waals surface area contributed by atoms with Gasteiger partial charge in [-0.05, 0) is 105 Å². The molecule has 0 bridgehead atoms. The highest BCUT2D eigenvalue weighted by Gasteiger charge is 2.32. The van der Waals surface area contributed by atoms with Crippen LogP contribution in [0, 0.1) is 13.8 Å². The minimum Gasteiger partial charge on any atom is -0.374 e. The summed E-state index contributed by atoms with van der Waals surface area (Å²) in [5, 5.41) is 2.75. The second-order valence-electron chi connectivity index (χ2n) is 11.7. The highest BCUT2D eigenvalue weighted by Crippen LogP contribution is 2.41. The van der Waals surface area contributed by atoms with E-state index in [4.69, 9.17) is 4.99 Å². The van der Waals surface area contributed by atoms with Crippen molar-refractivity contribution in [1.82, 2.24) is 4.48 Å². The summed E-state index contributed by atoms with van der Waals surface area (Å²) in [5.74, 6) is 0. The van der Waals surface area contributed by atoms with Gasteiger partial charge in [0.05, 0.1) is 5.70 Å². The van der Waals surface area contributed by atoms with Crippen LogP contribution in [0.15, 0.2) is 107 Å². The van der Waals surface area contributed by atoms with E-state index < -0.39 is 15.3 Å². The number of hydrogen-bond acceptors (Lipinski definition) is 2. The molecule has 0 N–H and O–H groups in total. The summed E-state index contributed by atoms with van der Waals surface area (Å²) >= 11 is 0. The fourth-order valence-electron chi connectivity index (χ4n) is 6.75. The number of allylic oxidation sites excluding steroid dienone is 2. The van der Waals surface area contributed by atoms with Crippen molar-refractivity contribution in [3.8, 4) is 0 Å². The Morgan fingerprint density at radius 2 is 1.40 bits per heavy atom. The lowest BCUT2D eigenvalue weighted by molar-refractivity contribution is 0.623. The van der Waals surface area contributed by atoms with Gasteiger partial charge in [0.15, 0.2) is 0 Å². The number of nitrogens with zero attached hydrogens (tertiary/aromatic N) is 3. The molecule has 5 rings (SSSR count). The van der Waals surface area contributed by atoms with Crippen molar-refractivity contribution < 1.29 is 8.63 Å². The third-order valence-corrected chi connectivity index (χ3v) is 11.6. The summed E-state index contributed by atoms with van der Waals surface area (Å²) in [4.78, 5) is 7.29. The maximum absolute atomic E-state index is 14.8. The first-order valence-corrected chi connectivity index (χ1v) is 17.4. The highest BCUT2D eigenvalue weighted by atomic mass is 31.1. The Morgan fingerprint density at radius 1 is 0.822 bits per heavy atom. The molecule has 0 saturated carbocycles. The monoisotopic (exact) mass is 621 g/mol. The summed E-state index contributed by atoms with van der Waals surface area (Å²) in [6, 6.07) is 30.0. The molecule has 0 saturated heterocycles. The van der Waals surface area contributed by atoms with Crippen molar-refractivity contribution in [3.63, 3.8) is 0 Å². The van der Waals surface area contributed by atoms with Gasteiger partial charge in [0.2, 0.25) is 0 Å². The van der Waals surface area contributed by atoms with Gasteiger partial charge in [-0.25, -0.2) is 0 Å². The fraction of sp³-hybridized carbons (Fsp3) is 0.289. The molecule has 45 heavy (non-hydrogen) atoms. The van der Waals surface area contributed by atoms with Gasteiger partial charge in [-0.15, -0.1) is 0 Å². The van der Waals surface area contributed by atoms with Gasteiger partial charge in [0, 0.05) is 42.0 Å². The first-order valence-electron chi connectivity index (χ1n) is 15.9. The van der Waals surface area contributed by atoms with Crippen molar-refractivity contribution in [2.24, 2.45) is 4.99 Å². The second-order valence-corrected chi connectivity index (χ2v) is 14.0. The van der Waals surface area contributed by atoms with Gasteiger partial charge in [0.25, 0.3) is 0 Å². The molecule has 0 radical (unpaired) electrons. The predicted molar refractivity (Wildman–Crippen MR) is 192 cm³/mol. The molecule has 232 valence electrons. The molecule has 0 amide bonds. The third-order valence-electron chi connectivity index (χ3n) is 9.14. The zero-order chi connectivity index (χ0) is 32.2. The zero-order valence-electron chi connectivity index (χ0n) is 27.5. The molecule has 3 nitrogen and oxygen atoms in total. The molecule has 1 aromatic heterocycles. The molecule has 3 aromatic carbocycles. The van der Waals surface area contributed by atoms with E-state index in [9.17, 15) is 8.63 Å².